The van der Waals surface area contributed by atoms with E-state index in [1.165, 1.54) is 43.4 Å². The van der Waals surface area contributed by atoms with Crippen molar-refractivity contribution in [3.63, 3.8) is 0 Å². The van der Waals surface area contributed by atoms with Crippen LogP contribution < -0.4 is 10.6 Å². The molecule has 0 bridgehead atoms. The van der Waals surface area contributed by atoms with Crippen molar-refractivity contribution >= 4 is 41.3 Å². The molecule has 20 heteroatoms. The second kappa shape index (κ2) is 27.3. The third-order valence-corrected chi connectivity index (χ3v) is 16.0. The van der Waals surface area contributed by atoms with Gasteiger partial charge in [-0.1, -0.05) is 109 Å². The topological polar surface area (TPSA) is 240 Å². The van der Waals surface area contributed by atoms with Crippen molar-refractivity contribution in [2.45, 2.75) is 142 Å². The number of carbonyl (C=O) groups excluding carboxylic acids is 6. The lowest BCUT2D eigenvalue weighted by atomic mass is 9.89. The fourth-order valence-corrected chi connectivity index (χ4v) is 11.5. The van der Waals surface area contributed by atoms with Crippen LogP contribution in [0.2, 0.25) is 0 Å². The summed E-state index contributed by atoms with van der Waals surface area (Å²) in [5, 5.41) is 28.8. The molecule has 9 atom stereocenters. The molecule has 2 heterocycles. The Hall–Kier alpha value is -6.64. The number of phenols is 1. The number of aromatic hydroxyl groups is 1. The molecule has 78 heavy (non-hydrogen) atoms. The van der Waals surface area contributed by atoms with Crippen LogP contribution in [-0.4, -0.2) is 162 Å². The van der Waals surface area contributed by atoms with Gasteiger partial charge in [0, 0.05) is 59.8 Å². The molecule has 2 fully saturated rings. The van der Waals surface area contributed by atoms with E-state index in [9.17, 15) is 44.0 Å². The van der Waals surface area contributed by atoms with E-state index >= 15 is 0 Å². The van der Waals surface area contributed by atoms with Gasteiger partial charge in [0.05, 0.1) is 48.2 Å². The number of nitrogens with zero attached hydrogens (tertiary/aromatic N) is 5. The van der Waals surface area contributed by atoms with E-state index in [-0.39, 0.29) is 49.0 Å². The number of hydroxylamine groups is 2. The van der Waals surface area contributed by atoms with E-state index in [0.717, 1.165) is 34.7 Å². The molecule has 6 rings (SSSR count). The summed E-state index contributed by atoms with van der Waals surface area (Å²) < 4.78 is 18.0. The Balaban J connectivity index is 1.13. The fourth-order valence-electron chi connectivity index (χ4n) is 11.5. The molecule has 0 radical (unpaired) electrons. The first-order valence-electron chi connectivity index (χ1n) is 27.4. The average Bonchev–Trinajstić information content (AvgIpc) is 4.11. The highest BCUT2D eigenvalue weighted by Crippen LogP contribution is 2.44. The highest BCUT2D eigenvalue weighted by atomic mass is 16.7. The number of likely N-dealkylation sites (N-methyl/N-ethyl adjacent to an activating group) is 2. The van der Waals surface area contributed by atoms with E-state index in [1.807, 2.05) is 77.9 Å². The van der Waals surface area contributed by atoms with Gasteiger partial charge in [-0.05, 0) is 77.3 Å². The van der Waals surface area contributed by atoms with Crippen molar-refractivity contribution in [1.82, 2.24) is 30.4 Å². The predicted octanol–water partition coefficient (Wildman–Crippen LogP) is 6.85. The Bertz CT molecular complexity index is 2560. The number of ether oxygens (including phenoxy) is 3. The molecule has 3 aromatic carbocycles. The lowest BCUT2D eigenvalue weighted by Gasteiger charge is -2.41. The molecule has 0 unspecified atom stereocenters. The highest BCUT2D eigenvalue weighted by Gasteiger charge is 2.44. The first-order chi connectivity index (χ1) is 37.1. The van der Waals surface area contributed by atoms with Crippen LogP contribution in [0.25, 0.3) is 11.1 Å². The molecule has 0 saturated carbocycles. The van der Waals surface area contributed by atoms with Crippen LogP contribution in [0.1, 0.15) is 110 Å². The van der Waals surface area contributed by atoms with Gasteiger partial charge in [0.2, 0.25) is 23.6 Å². The predicted molar refractivity (Wildman–Crippen MR) is 292 cm³/mol. The van der Waals surface area contributed by atoms with Crippen LogP contribution >= 0.6 is 0 Å². The van der Waals surface area contributed by atoms with Gasteiger partial charge in [0.15, 0.2) is 5.75 Å². The zero-order valence-electron chi connectivity index (χ0n) is 47.1. The number of methoxy groups -OCH3 is 2. The molecular weight excluding hydrogens is 1000 g/mol. The van der Waals surface area contributed by atoms with Gasteiger partial charge in [-0.25, -0.2) is 9.86 Å². The molecule has 3 aromatic rings. The Labute approximate surface area is 458 Å². The average molecular weight is 1080 g/mol. The molecule has 6 amide bonds. The smallest absolute Gasteiger partial charge is 0.410 e. The van der Waals surface area contributed by atoms with Gasteiger partial charge in [0.25, 0.3) is 5.91 Å². The summed E-state index contributed by atoms with van der Waals surface area (Å²) in [4.78, 5) is 107. The second-order valence-electron chi connectivity index (χ2n) is 21.7. The van der Waals surface area contributed by atoms with Crippen molar-refractivity contribution in [3.8, 4) is 16.9 Å². The number of fused-ring (bicyclic) bond motifs is 3. The number of nitrogens with one attached hydrogen (secondary N) is 2. The third-order valence-electron chi connectivity index (χ3n) is 16.0. The minimum atomic E-state index is -1.20. The fraction of sp³-hybridized carbons (Fsp3) is 0.586. The van der Waals surface area contributed by atoms with Gasteiger partial charge >= 0.3 is 11.8 Å². The number of likely N-dealkylation sites (tertiary alicyclic amines) is 1. The molecule has 20 nitrogen and oxygen atoms in total. The van der Waals surface area contributed by atoms with Gasteiger partial charge < -0.3 is 39.8 Å². The summed E-state index contributed by atoms with van der Waals surface area (Å²) in [6.07, 6.45) is 0.631. The summed E-state index contributed by atoms with van der Waals surface area (Å²) in [6.45, 7) is 14.0. The SMILES string of the molecule is CC[C@H](C)[C@@H]([C@@H](CC(=O)N1CCC[C@H]1[C@H](OC)[C@@H](C)C(=O)N[C@@H](Cc1ccc(O)c([N+](=O)[O-])c1)C(=O)N1CCCCO1)OC)N(C)C(=O)[C@@H](NC(=O)[C@H](C(C)C)N(C)C(=O)OCC1c2ccccc2-c2ccccc21)C(C)C. The second-order valence-corrected chi connectivity index (χ2v) is 21.7. The lowest BCUT2D eigenvalue weighted by Crippen LogP contribution is -2.60. The lowest BCUT2D eigenvalue weighted by molar-refractivity contribution is -0.385. The van der Waals surface area contributed by atoms with E-state index in [0.29, 0.717) is 50.9 Å². The number of phenolic OH excluding ortho intramolecular Hbond substituents is 1. The summed E-state index contributed by atoms with van der Waals surface area (Å²) in [7, 11) is 6.13. The molecule has 3 aliphatic rings. The van der Waals surface area contributed by atoms with Gasteiger partial charge in [-0.15, -0.1) is 0 Å². The van der Waals surface area contributed by atoms with Gasteiger partial charge in [0.1, 0.15) is 24.7 Å². The molecule has 2 saturated heterocycles. The molecule has 2 aliphatic heterocycles. The van der Waals surface area contributed by atoms with Crippen LogP contribution in [0.15, 0.2) is 66.7 Å². The summed E-state index contributed by atoms with van der Waals surface area (Å²) in [5.41, 5.74) is 4.10. The van der Waals surface area contributed by atoms with Gasteiger partial charge in [-0.2, -0.15) is 0 Å². The van der Waals surface area contributed by atoms with E-state index in [1.54, 1.807) is 23.8 Å². The van der Waals surface area contributed by atoms with Gasteiger partial charge in [-0.3, -0.25) is 43.8 Å². The Kier molecular flexibility index (Phi) is 21.2. The number of benzene rings is 3. The molecular formula is C58H81N7O13. The van der Waals surface area contributed by atoms with Crippen molar-refractivity contribution in [1.29, 1.82) is 0 Å². The molecule has 1 aliphatic carbocycles. The van der Waals surface area contributed by atoms with Crippen LogP contribution in [0.3, 0.4) is 0 Å². The number of nitro benzene ring substituents is 1. The zero-order valence-corrected chi connectivity index (χ0v) is 47.1. The number of hydrogen-bond acceptors (Lipinski definition) is 13. The third kappa shape index (κ3) is 13.8. The van der Waals surface area contributed by atoms with E-state index < -0.39 is 94.4 Å². The van der Waals surface area contributed by atoms with Crippen molar-refractivity contribution in [2.24, 2.45) is 23.7 Å². The zero-order chi connectivity index (χ0) is 57.1. The van der Waals surface area contributed by atoms with Crippen LogP contribution in [0, 0.1) is 33.8 Å². The highest BCUT2D eigenvalue weighted by molar-refractivity contribution is 5.92. The van der Waals surface area contributed by atoms with E-state index in [4.69, 9.17) is 19.0 Å². The van der Waals surface area contributed by atoms with Crippen LogP contribution in [0.4, 0.5) is 10.5 Å². The van der Waals surface area contributed by atoms with Crippen LogP contribution in [0.5, 0.6) is 5.75 Å². The summed E-state index contributed by atoms with van der Waals surface area (Å²) in [5.74, 6) is -4.79. The maximum absolute atomic E-state index is 14.8. The maximum Gasteiger partial charge on any atom is 0.410 e. The Morgan fingerprint density at radius 2 is 1.49 bits per heavy atom. The van der Waals surface area contributed by atoms with Crippen LogP contribution in [-0.2, 0) is 49.4 Å². The Morgan fingerprint density at radius 3 is 2.05 bits per heavy atom. The largest absolute Gasteiger partial charge is 0.502 e. The number of nitro groups is 1. The van der Waals surface area contributed by atoms with Crippen molar-refractivity contribution < 1.29 is 57.8 Å². The number of carbonyl (C=O) groups is 6. The minimum Gasteiger partial charge on any atom is -0.502 e. The number of hydrogen-bond donors (Lipinski definition) is 3. The number of rotatable bonds is 24. The van der Waals surface area contributed by atoms with Crippen molar-refractivity contribution in [2.75, 3.05) is 54.6 Å². The first-order valence-corrected chi connectivity index (χ1v) is 27.4. The maximum atomic E-state index is 14.8. The molecule has 0 aromatic heterocycles. The normalized spacial score (nSPS) is 18.4. The molecule has 426 valence electrons. The van der Waals surface area contributed by atoms with Crippen molar-refractivity contribution in [3.05, 3.63) is 93.5 Å². The number of amides is 6. The Morgan fingerprint density at radius 1 is 0.833 bits per heavy atom. The van der Waals surface area contributed by atoms with E-state index in [2.05, 4.69) is 22.8 Å². The summed E-state index contributed by atoms with van der Waals surface area (Å²) in [6, 6.07) is 15.5. The standard InChI is InChI=1S/C58H81N7O13/c1-12-36(6)52(61(8)57(71)50(34(2)3)60-55(69)51(35(4)5)62(9)58(72)77-33-43-41-22-15-13-20-39(41)40-21-14-16-23-42(40)43)48(75-10)32-49(67)63-27-19-24-45(63)53(76-11)37(7)54(68)59-44(56(70)64-28-17-18-29-78-64)30-38-25-26-47(66)46(31-38)65(73)74/h13-16,20-23,25-26,31,34-37,43-45,48,50-53,66H,12,17-19,24,27-30,32-33H2,1-11H3,(H,59,68)(H,60,69)/t36-,37+,44-,45-,48+,50-,51-,52-,53+/m0/s1. The summed E-state index contributed by atoms with van der Waals surface area (Å²) >= 11 is 0. The minimum absolute atomic E-state index is 0.0743. The molecule has 3 N–H and O–H groups in total. The quantitative estimate of drug-likeness (QED) is 0.0615. The first kappa shape index (κ1) is 60.6. The molecule has 0 spiro atoms. The monoisotopic (exact) mass is 1080 g/mol.